The third-order valence-electron chi connectivity index (χ3n) is 32.3. The van der Waals surface area contributed by atoms with Gasteiger partial charge in [0.2, 0.25) is 12.6 Å². The Morgan fingerprint density at radius 1 is 0.250 bits per heavy atom. The van der Waals surface area contributed by atoms with Crippen molar-refractivity contribution in [1.29, 1.82) is 0 Å². The summed E-state index contributed by atoms with van der Waals surface area (Å²) in [5.74, 6) is -2.17. The predicted octanol–water partition coefficient (Wildman–Crippen LogP) is 38.3. The Morgan fingerprint density at radius 2 is 0.459 bits per heavy atom. The minimum Gasteiger partial charge on any atom is -0.459 e. The summed E-state index contributed by atoms with van der Waals surface area (Å²) in [6.45, 7) is 34.2. The summed E-state index contributed by atoms with van der Waals surface area (Å²) in [5, 5.41) is 37.6. The second-order valence-corrected chi connectivity index (χ2v) is 48.2. The first-order chi connectivity index (χ1) is 71.7. The zero-order valence-electron chi connectivity index (χ0n) is 100. The number of aliphatic hydroxyl groups excluding tert-OH is 3. The van der Waals surface area contributed by atoms with Crippen molar-refractivity contribution in [2.24, 2.45) is 47.3 Å². The van der Waals surface area contributed by atoms with E-state index in [4.69, 9.17) is 37.9 Å². The quantitative estimate of drug-likeness (QED) is 0.0223. The first-order valence-electron chi connectivity index (χ1n) is 64.4. The van der Waals surface area contributed by atoms with E-state index in [9.17, 15) is 29.7 Å². The second-order valence-electron chi connectivity index (χ2n) is 48.2. The first kappa shape index (κ1) is 140. The van der Waals surface area contributed by atoms with Crippen molar-refractivity contribution < 1.29 is 77.2 Å². The molecule has 18 atom stereocenters. The highest BCUT2D eigenvalue weighted by atomic mass is 16.8. The first-order valence-corrected chi connectivity index (χ1v) is 64.4. The molecule has 0 aromatic heterocycles. The van der Waals surface area contributed by atoms with Crippen LogP contribution in [0.1, 0.15) is 644 Å². The minimum atomic E-state index is -1.92. The van der Waals surface area contributed by atoms with E-state index in [1.54, 1.807) is 27.7 Å². The molecule has 0 aliphatic carbocycles. The lowest BCUT2D eigenvalue weighted by molar-refractivity contribution is -0.377. The molecule has 16 nitrogen and oxygen atoms in total. The molecule has 0 bridgehead atoms. The molecule has 0 saturated carbocycles. The van der Waals surface area contributed by atoms with Crippen LogP contribution >= 0.6 is 0 Å². The van der Waals surface area contributed by atoms with Gasteiger partial charge in [0.15, 0.2) is 24.4 Å². The Hall–Kier alpha value is -3.93. The molecule has 2 fully saturated rings. The average molecular weight is 2090 g/mol. The van der Waals surface area contributed by atoms with Crippen LogP contribution in [0.3, 0.4) is 0 Å². The maximum absolute atomic E-state index is 15.1. The van der Waals surface area contributed by atoms with Crippen LogP contribution in [0.5, 0.6) is 0 Å². The summed E-state index contributed by atoms with van der Waals surface area (Å²) in [6, 6.07) is 0. The fourth-order valence-corrected chi connectivity index (χ4v) is 23.1. The van der Waals surface area contributed by atoms with Crippen LogP contribution < -0.4 is 0 Å². The van der Waals surface area contributed by atoms with E-state index < -0.39 is 104 Å². The van der Waals surface area contributed by atoms with Crippen LogP contribution in [-0.4, -0.2) is 120 Å². The molecule has 16 heteroatoms. The van der Waals surface area contributed by atoms with E-state index in [2.05, 4.69) is 90.0 Å². The highest BCUT2D eigenvalue weighted by molar-refractivity contribution is 5.89. The van der Waals surface area contributed by atoms with Gasteiger partial charge in [-0.05, 0) is 107 Å². The fourth-order valence-electron chi connectivity index (χ4n) is 23.1. The molecule has 0 aromatic rings. The smallest absolute Gasteiger partial charge is 0.333 e. The molecule has 3 N–H and O–H groups in total. The third kappa shape index (κ3) is 75.1. The van der Waals surface area contributed by atoms with Gasteiger partial charge in [0.25, 0.3) is 0 Å². The highest BCUT2D eigenvalue weighted by Crippen LogP contribution is 2.37. The summed E-state index contributed by atoms with van der Waals surface area (Å²) in [4.78, 5) is 74.1. The van der Waals surface area contributed by atoms with Crippen molar-refractivity contribution in [3.63, 3.8) is 0 Å². The number of ether oxygens (including phenoxy) is 8. The number of esters is 5. The van der Waals surface area contributed by atoms with Crippen molar-refractivity contribution in [2.45, 2.75) is 706 Å². The predicted molar refractivity (Wildman–Crippen MR) is 623 cm³/mol. The maximum Gasteiger partial charge on any atom is 0.333 e. The van der Waals surface area contributed by atoms with Gasteiger partial charge in [0.1, 0.15) is 31.0 Å². The Morgan fingerprint density at radius 3 is 0.709 bits per heavy atom. The molecule has 2 aliphatic rings. The van der Waals surface area contributed by atoms with Crippen LogP contribution in [-0.2, 0) is 61.9 Å². The van der Waals surface area contributed by atoms with Gasteiger partial charge in [-0.1, -0.05) is 602 Å². The van der Waals surface area contributed by atoms with E-state index in [-0.39, 0.29) is 41.2 Å². The highest BCUT2D eigenvalue weighted by Gasteiger charge is 2.56. The zero-order chi connectivity index (χ0) is 108. The van der Waals surface area contributed by atoms with Gasteiger partial charge in [0, 0.05) is 28.7 Å². The molecule has 2 heterocycles. The Balaban J connectivity index is 2.70. The summed E-state index contributed by atoms with van der Waals surface area (Å²) >= 11 is 0. The van der Waals surface area contributed by atoms with E-state index >= 15 is 9.59 Å². The number of hydrogen-bond acceptors (Lipinski definition) is 16. The van der Waals surface area contributed by atoms with E-state index in [0.717, 1.165) is 103 Å². The Labute approximate surface area is 914 Å². The zero-order valence-corrected chi connectivity index (χ0v) is 100. The molecule has 2 saturated heterocycles. The standard InChI is InChI=1S/C132H244O16/c1-18-23-28-33-38-43-48-53-57-59-64-68-73-78-82-87-92-107(7)97-111(11)101-115(15)128(138)145-123-118(104-133)142-131(125(122(123)136)147-130(140)117(17)103-113(13)99-109(9)94-89-84-79-74-69-65-60-58-54-49-44-39-34-29-24-19-2)148-132-126(144-120(134)95-90-85-80-75-70-61-52-47-42-37-32-27-22-5)124(146-129(139)116(16)102-112(12)98-108(8)93-88-83-77-72-67-63-56-51-46-41-36-31-26-21-4)121(135)119(143-132)105-141-127(137)114(14)100-110(10)96-106(6)91-86-81-76-71-66-62-55-50-45-40-35-30-25-20-3/h100-103,106-113,118-119,121-126,131-133,135-136H,18-99,104-105H2,1-17H3/b114-100+,115-101+,116-102+,117-103+/t106-,107-,108-,109-,110-,111-,112-,113-,118?,119?,121+,122?,123+,124?,125-,126+,131+,132+/m0/s1. The van der Waals surface area contributed by atoms with Gasteiger partial charge in [0.05, 0.1) is 6.61 Å². The number of carbonyl (C=O) groups excluding carboxylic acids is 5. The average Bonchev–Trinajstić information content (AvgIpc) is 0.768. The van der Waals surface area contributed by atoms with E-state index in [0.29, 0.717) is 41.2 Å². The topological polar surface area (TPSA) is 220 Å². The monoisotopic (exact) mass is 2090 g/mol. The summed E-state index contributed by atoms with van der Waals surface area (Å²) < 4.78 is 52.3. The summed E-state index contributed by atoms with van der Waals surface area (Å²) in [6.07, 6.45) is 90.9. The van der Waals surface area contributed by atoms with Gasteiger partial charge in [-0.25, -0.2) is 19.2 Å². The number of allylic oxidation sites excluding steroid dienone is 4. The number of carbonyl (C=O) groups is 5. The lowest BCUT2D eigenvalue weighted by Gasteiger charge is -2.47. The lowest BCUT2D eigenvalue weighted by Crippen LogP contribution is -2.66. The molecular weight excluding hydrogens is 1840 g/mol. The Kier molecular flexibility index (Phi) is 91.3. The van der Waals surface area contributed by atoms with Crippen LogP contribution in [0.4, 0.5) is 0 Å². The van der Waals surface area contributed by atoms with Crippen LogP contribution in [0.2, 0.25) is 0 Å². The van der Waals surface area contributed by atoms with Crippen molar-refractivity contribution in [3.05, 3.63) is 46.6 Å². The lowest BCUT2D eigenvalue weighted by atomic mass is 9.91. The van der Waals surface area contributed by atoms with E-state index in [1.165, 1.54) is 411 Å². The summed E-state index contributed by atoms with van der Waals surface area (Å²) in [7, 11) is 0. The molecule has 0 aromatic carbocycles. The van der Waals surface area contributed by atoms with Crippen molar-refractivity contribution in [1.82, 2.24) is 0 Å². The van der Waals surface area contributed by atoms with Crippen molar-refractivity contribution >= 4 is 29.8 Å². The molecule has 2 rings (SSSR count). The van der Waals surface area contributed by atoms with Gasteiger partial charge in [-0.3, -0.25) is 4.79 Å². The number of aliphatic hydroxyl groups is 3. The van der Waals surface area contributed by atoms with Crippen molar-refractivity contribution in [3.8, 4) is 0 Å². The van der Waals surface area contributed by atoms with Gasteiger partial charge in [-0.15, -0.1) is 0 Å². The number of hydrogen-bond donors (Lipinski definition) is 3. The van der Waals surface area contributed by atoms with E-state index in [1.807, 2.05) is 24.3 Å². The molecule has 2 aliphatic heterocycles. The minimum absolute atomic E-state index is 0.00164. The summed E-state index contributed by atoms with van der Waals surface area (Å²) in [5.41, 5.74) is 1.18. The van der Waals surface area contributed by atoms with Gasteiger partial charge < -0.3 is 53.2 Å². The van der Waals surface area contributed by atoms with Crippen LogP contribution in [0.25, 0.3) is 0 Å². The van der Waals surface area contributed by atoms with Gasteiger partial charge in [-0.2, -0.15) is 0 Å². The Bertz CT molecular complexity index is 3230. The molecular formula is C132H244O16. The SMILES string of the molecule is CCCCCCCCCCCCCCCCCC[C@H](C)C[C@H](C)/C=C(\C)C(=O)O[C@@H]1C(CO)O[C@H](O[C@H]2OC(COC(=O)/C(C)=C/[C@@H](C)C[C@@H](C)CCCCCCCCCCCCCCCC)[C@@H](O)C(OC(=O)/C(C)=C/[C@@H](C)C[C@@H](C)CCCCCCCCCCCCCCCC)[C@H]2OC(=O)CCCCCCCCCCCCCCC)[C@@H](OC(=O)/C(C)=C/[C@@H](C)C[C@@H](C)CCCCCCCCCCCCCCCCCC)C1O. The molecule has 148 heavy (non-hydrogen) atoms. The number of rotatable bonds is 103. The second kappa shape index (κ2) is 96.4. The normalized spacial score (nSPS) is 20.2. The fraction of sp³-hybridized carbons (Fsp3) is 0.902. The molecule has 868 valence electrons. The third-order valence-corrected chi connectivity index (χ3v) is 32.3. The largest absolute Gasteiger partial charge is 0.459 e. The maximum atomic E-state index is 15.1. The number of unbranched alkanes of at least 4 members (excludes halogenated alkanes) is 68. The molecule has 0 amide bonds. The van der Waals surface area contributed by atoms with Crippen LogP contribution in [0.15, 0.2) is 46.6 Å². The van der Waals surface area contributed by atoms with Gasteiger partial charge >= 0.3 is 29.8 Å². The molecule has 4 unspecified atom stereocenters. The molecule has 0 radical (unpaired) electrons. The van der Waals surface area contributed by atoms with Crippen LogP contribution in [0, 0.1) is 47.3 Å². The van der Waals surface area contributed by atoms with Crippen molar-refractivity contribution in [2.75, 3.05) is 13.2 Å². The molecule has 0 spiro atoms.